The average molecular weight is 380 g/mol. The lowest BCUT2D eigenvalue weighted by Crippen LogP contribution is -2.52. The number of amidine groups is 1. The van der Waals surface area contributed by atoms with E-state index in [2.05, 4.69) is 58.9 Å². The third-order valence-corrected chi connectivity index (χ3v) is 5.25. The molecular formula is C20H41N7. The number of nitrogens with one attached hydrogen (secondary N) is 6. The van der Waals surface area contributed by atoms with Crippen LogP contribution in [0.3, 0.4) is 0 Å². The molecule has 1 aliphatic carbocycles. The normalized spacial score (nSPS) is 21.6. The molecule has 27 heavy (non-hydrogen) atoms. The van der Waals surface area contributed by atoms with Gasteiger partial charge in [0, 0.05) is 12.1 Å². The van der Waals surface area contributed by atoms with Gasteiger partial charge in [0.1, 0.15) is 0 Å². The lowest BCUT2D eigenvalue weighted by molar-refractivity contribution is 0.399. The van der Waals surface area contributed by atoms with Gasteiger partial charge in [-0.3, -0.25) is 10.4 Å². The minimum atomic E-state index is -0.332. The van der Waals surface area contributed by atoms with Gasteiger partial charge in [0.05, 0.1) is 17.4 Å². The van der Waals surface area contributed by atoms with Crippen molar-refractivity contribution in [1.82, 2.24) is 26.6 Å². The molecule has 6 N–H and O–H groups in total. The molecule has 0 unspecified atom stereocenters. The van der Waals surface area contributed by atoms with Gasteiger partial charge in [-0.2, -0.15) is 0 Å². The summed E-state index contributed by atoms with van der Waals surface area (Å²) >= 11 is 0. The number of hydrogen-bond acceptors (Lipinski definition) is 4. The van der Waals surface area contributed by atoms with Gasteiger partial charge in [-0.15, -0.1) is 0 Å². The first-order valence-electron chi connectivity index (χ1n) is 10.2. The summed E-state index contributed by atoms with van der Waals surface area (Å²) in [6.07, 6.45) is 7.41. The SMILES string of the molecule is C=CN/C(C)=N/C(C)(C)[C@H](C)NC(=N)N[C@H]1CC[C@H](NCCCCNC)C1. The smallest absolute Gasteiger partial charge is 0.188 e. The standard InChI is InChI=1S/C20H41N7/c1-7-23-16(3)27-20(4,5)15(2)25-19(21)26-18-11-10-17(14-18)24-13-9-8-12-22-6/h7,15,17-18,22,24H,1,8-14H2,2-6H3,(H,23,27)(H3,21,25,26)/t15-,17-,18-/m0/s1. The van der Waals surface area contributed by atoms with Crippen molar-refractivity contribution in [3.05, 3.63) is 12.8 Å². The maximum Gasteiger partial charge on any atom is 0.188 e. The van der Waals surface area contributed by atoms with Crippen molar-refractivity contribution in [3.63, 3.8) is 0 Å². The summed E-state index contributed by atoms with van der Waals surface area (Å²) in [4.78, 5) is 4.68. The Bertz CT molecular complexity index is 487. The summed E-state index contributed by atoms with van der Waals surface area (Å²) in [5.74, 6) is 1.21. The van der Waals surface area contributed by atoms with Crippen molar-refractivity contribution in [2.75, 3.05) is 20.1 Å². The highest BCUT2D eigenvalue weighted by atomic mass is 15.2. The van der Waals surface area contributed by atoms with Gasteiger partial charge in [0.25, 0.3) is 0 Å². The molecule has 156 valence electrons. The van der Waals surface area contributed by atoms with Gasteiger partial charge in [0.15, 0.2) is 5.96 Å². The van der Waals surface area contributed by atoms with E-state index >= 15 is 0 Å². The molecule has 1 saturated carbocycles. The van der Waals surface area contributed by atoms with E-state index in [1.165, 1.54) is 19.3 Å². The molecule has 0 spiro atoms. The molecule has 7 nitrogen and oxygen atoms in total. The maximum absolute atomic E-state index is 8.28. The first kappa shape index (κ1) is 23.4. The third kappa shape index (κ3) is 9.24. The Kier molecular flexibility index (Phi) is 10.4. The van der Waals surface area contributed by atoms with Crippen molar-refractivity contribution in [1.29, 1.82) is 5.41 Å². The highest BCUT2D eigenvalue weighted by Crippen LogP contribution is 2.19. The number of nitrogens with zero attached hydrogens (tertiary/aromatic N) is 1. The summed E-state index contributed by atoms with van der Waals surface area (Å²) in [5.41, 5.74) is -0.332. The summed E-state index contributed by atoms with van der Waals surface area (Å²) in [5, 5.41) is 24.7. The minimum absolute atomic E-state index is 0.0292. The number of hydrogen-bond donors (Lipinski definition) is 6. The predicted molar refractivity (Wildman–Crippen MR) is 117 cm³/mol. The molecule has 1 fully saturated rings. The Morgan fingerprint density at radius 2 is 1.93 bits per heavy atom. The van der Waals surface area contributed by atoms with E-state index in [1.54, 1.807) is 6.20 Å². The van der Waals surface area contributed by atoms with E-state index < -0.39 is 0 Å². The van der Waals surface area contributed by atoms with E-state index in [4.69, 9.17) is 5.41 Å². The van der Waals surface area contributed by atoms with Crippen molar-refractivity contribution in [3.8, 4) is 0 Å². The molecule has 7 heteroatoms. The Morgan fingerprint density at radius 3 is 2.59 bits per heavy atom. The molecular weight excluding hydrogens is 338 g/mol. The van der Waals surface area contributed by atoms with Crippen LogP contribution >= 0.6 is 0 Å². The molecule has 0 aromatic heterocycles. The first-order valence-corrected chi connectivity index (χ1v) is 10.2. The molecule has 0 radical (unpaired) electrons. The van der Waals surface area contributed by atoms with Gasteiger partial charge in [-0.1, -0.05) is 6.58 Å². The molecule has 0 aliphatic heterocycles. The molecule has 0 heterocycles. The molecule has 1 rings (SSSR count). The van der Waals surface area contributed by atoms with Gasteiger partial charge in [-0.25, -0.2) is 0 Å². The van der Waals surface area contributed by atoms with Gasteiger partial charge in [0.2, 0.25) is 0 Å². The van der Waals surface area contributed by atoms with Crippen molar-refractivity contribution < 1.29 is 0 Å². The fraction of sp³-hybridized carbons (Fsp3) is 0.800. The molecule has 0 aromatic rings. The quantitative estimate of drug-likeness (QED) is 0.187. The van der Waals surface area contributed by atoms with E-state index in [9.17, 15) is 0 Å². The summed E-state index contributed by atoms with van der Waals surface area (Å²) in [6, 6.07) is 0.959. The van der Waals surface area contributed by atoms with Gasteiger partial charge >= 0.3 is 0 Å². The van der Waals surface area contributed by atoms with E-state index in [0.717, 1.165) is 31.8 Å². The predicted octanol–water partition coefficient (Wildman–Crippen LogP) is 1.93. The second kappa shape index (κ2) is 12.0. The van der Waals surface area contributed by atoms with Crippen LogP contribution in [-0.4, -0.2) is 55.6 Å². The highest BCUT2D eigenvalue weighted by Gasteiger charge is 2.28. The molecule has 0 saturated heterocycles. The molecule has 0 bridgehead atoms. The minimum Gasteiger partial charge on any atom is -0.354 e. The van der Waals surface area contributed by atoms with Crippen molar-refractivity contribution in [2.45, 2.75) is 83.5 Å². The van der Waals surface area contributed by atoms with Crippen LogP contribution in [0.5, 0.6) is 0 Å². The molecule has 1 aliphatic rings. The van der Waals surface area contributed by atoms with E-state index in [-0.39, 0.29) is 11.6 Å². The van der Waals surface area contributed by atoms with Crippen LogP contribution in [0.2, 0.25) is 0 Å². The zero-order valence-electron chi connectivity index (χ0n) is 17.9. The second-order valence-electron chi connectivity index (χ2n) is 8.06. The van der Waals surface area contributed by atoms with E-state index in [1.807, 2.05) is 14.0 Å². The highest BCUT2D eigenvalue weighted by molar-refractivity contribution is 5.81. The molecule has 0 amide bonds. The van der Waals surface area contributed by atoms with Crippen LogP contribution in [-0.2, 0) is 0 Å². The molecule has 3 atom stereocenters. The largest absolute Gasteiger partial charge is 0.354 e. The molecule has 0 aromatic carbocycles. The van der Waals surface area contributed by atoms with Crippen LogP contribution in [0.1, 0.15) is 59.8 Å². The fourth-order valence-corrected chi connectivity index (χ4v) is 3.38. The Morgan fingerprint density at radius 1 is 1.26 bits per heavy atom. The van der Waals surface area contributed by atoms with Crippen molar-refractivity contribution in [2.24, 2.45) is 4.99 Å². The van der Waals surface area contributed by atoms with Crippen LogP contribution in [0.15, 0.2) is 17.8 Å². The average Bonchev–Trinajstić information content (AvgIpc) is 3.01. The van der Waals surface area contributed by atoms with Crippen LogP contribution in [0.25, 0.3) is 0 Å². The van der Waals surface area contributed by atoms with Crippen LogP contribution in [0.4, 0.5) is 0 Å². The maximum atomic E-state index is 8.28. The summed E-state index contributed by atoms with van der Waals surface area (Å²) in [7, 11) is 2.00. The lowest BCUT2D eigenvalue weighted by Gasteiger charge is -2.31. The zero-order chi connectivity index (χ0) is 20.3. The Balaban J connectivity index is 2.33. The Hall–Kier alpha value is -1.60. The first-order chi connectivity index (χ1) is 12.8. The zero-order valence-corrected chi connectivity index (χ0v) is 17.9. The number of guanidine groups is 1. The van der Waals surface area contributed by atoms with Crippen molar-refractivity contribution >= 4 is 11.8 Å². The number of aliphatic imine (C=N–C) groups is 1. The number of unbranched alkanes of at least 4 members (excludes halogenated alkanes) is 1. The van der Waals surface area contributed by atoms with Crippen LogP contribution < -0.4 is 26.6 Å². The Labute approximate surface area is 165 Å². The summed E-state index contributed by atoms with van der Waals surface area (Å²) < 4.78 is 0. The van der Waals surface area contributed by atoms with E-state index in [0.29, 0.717) is 18.0 Å². The van der Waals surface area contributed by atoms with Crippen LogP contribution in [0, 0.1) is 5.41 Å². The third-order valence-electron chi connectivity index (χ3n) is 5.25. The lowest BCUT2D eigenvalue weighted by atomic mass is 9.97. The van der Waals surface area contributed by atoms with Gasteiger partial charge < -0.3 is 26.6 Å². The summed E-state index contributed by atoms with van der Waals surface area (Å²) in [6.45, 7) is 13.9. The second-order valence-corrected chi connectivity index (χ2v) is 8.06. The fourth-order valence-electron chi connectivity index (χ4n) is 3.38. The number of rotatable bonds is 11. The van der Waals surface area contributed by atoms with Gasteiger partial charge in [-0.05, 0) is 86.1 Å². The monoisotopic (exact) mass is 379 g/mol. The topological polar surface area (TPSA) is 96.4 Å².